The third-order valence-electron chi connectivity index (χ3n) is 2.26. The lowest BCUT2D eigenvalue weighted by atomic mass is 10.1. The third kappa shape index (κ3) is 7.74. The van der Waals surface area contributed by atoms with Crippen molar-refractivity contribution in [1.29, 1.82) is 0 Å². The minimum Gasteiger partial charge on any atom is -0.481 e. The highest BCUT2D eigenvalue weighted by Crippen LogP contribution is 2.07. The van der Waals surface area contributed by atoms with Gasteiger partial charge < -0.3 is 14.6 Å². The highest BCUT2D eigenvalue weighted by Gasteiger charge is 2.27. The Kier molecular flexibility index (Phi) is 8.40. The van der Waals surface area contributed by atoms with E-state index in [1.807, 2.05) is 0 Å². The molecule has 0 radical (unpaired) electrons. The second kappa shape index (κ2) is 8.98. The fraction of sp³-hybridized carbons (Fsp3) is 0.833. The number of aliphatic carboxylic acids is 1. The van der Waals surface area contributed by atoms with Crippen molar-refractivity contribution in [3.63, 3.8) is 0 Å². The van der Waals surface area contributed by atoms with E-state index >= 15 is 0 Å². The van der Waals surface area contributed by atoms with Crippen LogP contribution in [0.5, 0.6) is 0 Å². The number of esters is 1. The summed E-state index contributed by atoms with van der Waals surface area (Å²) < 4.78 is 9.97. The van der Waals surface area contributed by atoms with Gasteiger partial charge >= 0.3 is 11.9 Å². The molecule has 0 aromatic rings. The molecule has 100 valence electrons. The standard InChI is InChI=1S/C12H22O5/c1-4-17-12(15)10(11(13)14)6-8-16-7-5-9(2)3/h9-10H,4-8H2,1-3H3,(H,13,14). The first-order valence-electron chi connectivity index (χ1n) is 5.96. The molecule has 1 unspecified atom stereocenters. The molecule has 0 aliphatic carbocycles. The summed E-state index contributed by atoms with van der Waals surface area (Å²) in [6, 6.07) is 0. The first-order chi connectivity index (χ1) is 7.99. The van der Waals surface area contributed by atoms with Gasteiger partial charge in [-0.15, -0.1) is 0 Å². The number of ether oxygens (including phenoxy) is 2. The lowest BCUT2D eigenvalue weighted by molar-refractivity contribution is -0.159. The molecule has 17 heavy (non-hydrogen) atoms. The van der Waals surface area contributed by atoms with Crippen LogP contribution in [0.3, 0.4) is 0 Å². The first-order valence-corrected chi connectivity index (χ1v) is 5.96. The molecule has 0 aromatic heterocycles. The molecule has 0 saturated carbocycles. The third-order valence-corrected chi connectivity index (χ3v) is 2.26. The van der Waals surface area contributed by atoms with Crippen LogP contribution in [0.2, 0.25) is 0 Å². The number of carbonyl (C=O) groups is 2. The molecule has 5 heteroatoms. The van der Waals surface area contributed by atoms with Gasteiger partial charge in [0, 0.05) is 13.2 Å². The summed E-state index contributed by atoms with van der Waals surface area (Å²) in [5.74, 6) is -2.41. The van der Waals surface area contributed by atoms with E-state index in [1.165, 1.54) is 0 Å². The minimum atomic E-state index is -1.16. The van der Waals surface area contributed by atoms with Crippen molar-refractivity contribution < 1.29 is 24.2 Å². The normalized spacial score (nSPS) is 12.5. The van der Waals surface area contributed by atoms with Crippen LogP contribution in [-0.4, -0.2) is 36.9 Å². The number of carboxylic acids is 1. The van der Waals surface area contributed by atoms with Crippen LogP contribution in [0.15, 0.2) is 0 Å². The molecule has 0 spiro atoms. The van der Waals surface area contributed by atoms with Crippen molar-refractivity contribution in [2.75, 3.05) is 19.8 Å². The van der Waals surface area contributed by atoms with Gasteiger partial charge in [-0.3, -0.25) is 9.59 Å². The van der Waals surface area contributed by atoms with Crippen molar-refractivity contribution in [1.82, 2.24) is 0 Å². The summed E-state index contributed by atoms with van der Waals surface area (Å²) in [4.78, 5) is 22.1. The SMILES string of the molecule is CCOC(=O)C(CCOCCC(C)C)C(=O)O. The monoisotopic (exact) mass is 246 g/mol. The summed E-state index contributed by atoms with van der Waals surface area (Å²) in [6.07, 6.45) is 1.09. The Hall–Kier alpha value is -1.10. The fourth-order valence-corrected chi connectivity index (χ4v) is 1.21. The molecule has 1 N–H and O–H groups in total. The smallest absolute Gasteiger partial charge is 0.320 e. The van der Waals surface area contributed by atoms with E-state index in [9.17, 15) is 9.59 Å². The van der Waals surface area contributed by atoms with E-state index in [1.54, 1.807) is 6.92 Å². The van der Waals surface area contributed by atoms with Crippen molar-refractivity contribution in [3.8, 4) is 0 Å². The zero-order chi connectivity index (χ0) is 13.3. The molecule has 0 aromatic carbocycles. The van der Waals surface area contributed by atoms with Crippen molar-refractivity contribution in [3.05, 3.63) is 0 Å². The Bertz CT molecular complexity index is 237. The van der Waals surface area contributed by atoms with Crippen molar-refractivity contribution in [2.24, 2.45) is 11.8 Å². The van der Waals surface area contributed by atoms with Crippen LogP contribution in [0.25, 0.3) is 0 Å². The average Bonchev–Trinajstić information content (AvgIpc) is 2.22. The van der Waals surface area contributed by atoms with Crippen molar-refractivity contribution >= 4 is 11.9 Å². The Balaban J connectivity index is 3.86. The molecule has 0 bridgehead atoms. The average molecular weight is 246 g/mol. The number of hydrogen-bond donors (Lipinski definition) is 1. The van der Waals surface area contributed by atoms with Gasteiger partial charge in [0.2, 0.25) is 0 Å². The van der Waals surface area contributed by atoms with E-state index in [0.29, 0.717) is 12.5 Å². The predicted molar refractivity (Wildman–Crippen MR) is 62.6 cm³/mol. The van der Waals surface area contributed by atoms with Gasteiger partial charge in [-0.1, -0.05) is 13.8 Å². The molecule has 0 fully saturated rings. The Morgan fingerprint density at radius 3 is 2.24 bits per heavy atom. The molecule has 0 aliphatic heterocycles. The summed E-state index contributed by atoms with van der Waals surface area (Å²) in [7, 11) is 0. The quantitative estimate of drug-likeness (QED) is 0.381. The molecule has 0 aliphatic rings. The van der Waals surface area contributed by atoms with Crippen LogP contribution in [0, 0.1) is 11.8 Å². The van der Waals surface area contributed by atoms with Crippen LogP contribution in [0.1, 0.15) is 33.6 Å². The molecule has 0 heterocycles. The number of hydrogen-bond acceptors (Lipinski definition) is 4. The summed E-state index contributed by atoms with van der Waals surface area (Å²) in [5.41, 5.74) is 0. The number of carboxylic acid groups (broad SMARTS) is 1. The first kappa shape index (κ1) is 15.9. The van der Waals surface area contributed by atoms with Gasteiger partial charge in [0.25, 0.3) is 0 Å². The van der Waals surface area contributed by atoms with Crippen LogP contribution in [0.4, 0.5) is 0 Å². The molecule has 0 saturated heterocycles. The highest BCUT2D eigenvalue weighted by atomic mass is 16.5. The van der Waals surface area contributed by atoms with Gasteiger partial charge in [-0.05, 0) is 25.7 Å². The largest absolute Gasteiger partial charge is 0.481 e. The minimum absolute atomic E-state index is 0.159. The summed E-state index contributed by atoms with van der Waals surface area (Å²) >= 11 is 0. The molecule has 0 rings (SSSR count). The van der Waals surface area contributed by atoms with E-state index in [2.05, 4.69) is 18.6 Å². The van der Waals surface area contributed by atoms with Crippen LogP contribution in [-0.2, 0) is 19.1 Å². The maximum Gasteiger partial charge on any atom is 0.320 e. The van der Waals surface area contributed by atoms with Crippen LogP contribution >= 0.6 is 0 Å². The Labute approximate surface area is 102 Å². The highest BCUT2D eigenvalue weighted by molar-refractivity contribution is 5.93. The van der Waals surface area contributed by atoms with Crippen LogP contribution < -0.4 is 0 Å². The van der Waals surface area contributed by atoms with Gasteiger partial charge in [-0.2, -0.15) is 0 Å². The topological polar surface area (TPSA) is 72.8 Å². The van der Waals surface area contributed by atoms with Gasteiger partial charge in [0.15, 0.2) is 5.92 Å². The summed E-state index contributed by atoms with van der Waals surface area (Å²) in [5, 5.41) is 8.86. The van der Waals surface area contributed by atoms with Gasteiger partial charge in [0.05, 0.1) is 6.61 Å². The molecule has 1 atom stereocenters. The second-order valence-electron chi connectivity index (χ2n) is 4.23. The number of carbonyl (C=O) groups excluding carboxylic acids is 1. The lowest BCUT2D eigenvalue weighted by Gasteiger charge is -2.11. The molecule has 0 amide bonds. The predicted octanol–water partition coefficient (Wildman–Crippen LogP) is 1.70. The lowest BCUT2D eigenvalue weighted by Crippen LogP contribution is -2.27. The maximum atomic E-state index is 11.3. The van der Waals surface area contributed by atoms with Gasteiger partial charge in [-0.25, -0.2) is 0 Å². The zero-order valence-electron chi connectivity index (χ0n) is 10.8. The molecule has 5 nitrogen and oxygen atoms in total. The fourth-order valence-electron chi connectivity index (χ4n) is 1.21. The van der Waals surface area contributed by atoms with E-state index in [4.69, 9.17) is 9.84 Å². The van der Waals surface area contributed by atoms with E-state index in [0.717, 1.165) is 6.42 Å². The Morgan fingerprint density at radius 2 is 1.76 bits per heavy atom. The van der Waals surface area contributed by atoms with E-state index in [-0.39, 0.29) is 19.6 Å². The molecular formula is C12H22O5. The van der Waals surface area contributed by atoms with E-state index < -0.39 is 17.9 Å². The van der Waals surface area contributed by atoms with Crippen molar-refractivity contribution in [2.45, 2.75) is 33.6 Å². The molecular weight excluding hydrogens is 224 g/mol. The maximum absolute atomic E-state index is 11.3. The number of rotatable bonds is 9. The second-order valence-corrected chi connectivity index (χ2v) is 4.23. The summed E-state index contributed by atoms with van der Waals surface area (Å²) in [6.45, 7) is 6.87. The zero-order valence-corrected chi connectivity index (χ0v) is 10.8. The van der Waals surface area contributed by atoms with Gasteiger partial charge in [0.1, 0.15) is 0 Å². The Morgan fingerprint density at radius 1 is 1.18 bits per heavy atom.